The Balaban J connectivity index is 3.62. The van der Waals surface area contributed by atoms with Gasteiger partial charge in [0.2, 0.25) is 0 Å². The largest absolute Gasteiger partial charge is 0.507 e. The van der Waals surface area contributed by atoms with Crippen molar-refractivity contribution in [2.24, 2.45) is 0 Å². The van der Waals surface area contributed by atoms with Gasteiger partial charge in [0.05, 0.1) is 0 Å². The van der Waals surface area contributed by atoms with Crippen LogP contribution in [0.15, 0.2) is 12.1 Å². The summed E-state index contributed by atoms with van der Waals surface area (Å²) in [5.41, 5.74) is 3.60. The van der Waals surface area contributed by atoms with Gasteiger partial charge in [-0.1, -0.05) is 67.5 Å². The molecular weight excluding hydrogens is 256 g/mol. The molecule has 1 N–H and O–H groups in total. The minimum Gasteiger partial charge on any atom is -0.507 e. The molecule has 0 aliphatic rings. The molecule has 0 heterocycles. The van der Waals surface area contributed by atoms with Gasteiger partial charge < -0.3 is 5.11 Å². The van der Waals surface area contributed by atoms with Crippen LogP contribution in [0.3, 0.4) is 0 Å². The van der Waals surface area contributed by atoms with E-state index in [0.717, 1.165) is 30.4 Å². The lowest BCUT2D eigenvalue weighted by Crippen LogP contribution is -2.21. The molecule has 1 unspecified atom stereocenters. The Kier molecular flexibility index (Phi) is 5.52. The first-order valence-corrected chi connectivity index (χ1v) is 8.48. The zero-order chi connectivity index (χ0) is 16.4. The molecule has 0 saturated heterocycles. The van der Waals surface area contributed by atoms with Crippen LogP contribution >= 0.6 is 0 Å². The number of hydrogen-bond donors (Lipinski definition) is 1. The molecule has 1 rings (SSSR count). The molecule has 120 valence electrons. The van der Waals surface area contributed by atoms with Gasteiger partial charge in [-0.15, -0.1) is 0 Å². The van der Waals surface area contributed by atoms with Gasteiger partial charge in [-0.25, -0.2) is 0 Å². The predicted molar refractivity (Wildman–Crippen MR) is 93.4 cm³/mol. The smallest absolute Gasteiger partial charge is 0.123 e. The minimum atomic E-state index is 0.00608. The third-order valence-electron chi connectivity index (χ3n) is 5.54. The third-order valence-corrected chi connectivity index (χ3v) is 5.54. The fraction of sp³-hybridized carbons (Fsp3) is 0.700. The standard InChI is InChI=1S/C20H34O/c1-9-14(4)15-12-16(19(5,6)10-2)18(21)17(13-15)20(7,8)11-3/h12-14,21H,9-11H2,1-8H3. The second kappa shape index (κ2) is 6.42. The van der Waals surface area contributed by atoms with Gasteiger partial charge in [-0.3, -0.25) is 0 Å². The number of benzene rings is 1. The van der Waals surface area contributed by atoms with Crippen LogP contribution in [-0.4, -0.2) is 5.11 Å². The Labute approximate surface area is 131 Å². The maximum Gasteiger partial charge on any atom is 0.123 e. The Morgan fingerprint density at radius 3 is 1.57 bits per heavy atom. The first-order valence-electron chi connectivity index (χ1n) is 8.48. The van der Waals surface area contributed by atoms with E-state index in [9.17, 15) is 5.11 Å². The Hall–Kier alpha value is -0.980. The summed E-state index contributed by atoms with van der Waals surface area (Å²) in [4.78, 5) is 0. The average Bonchev–Trinajstić information content (AvgIpc) is 2.46. The second-order valence-electron chi connectivity index (χ2n) is 7.75. The van der Waals surface area contributed by atoms with E-state index < -0.39 is 0 Å². The lowest BCUT2D eigenvalue weighted by molar-refractivity contribution is 0.399. The highest BCUT2D eigenvalue weighted by molar-refractivity contribution is 5.51. The van der Waals surface area contributed by atoms with Crippen molar-refractivity contribution in [1.82, 2.24) is 0 Å². The van der Waals surface area contributed by atoms with Crippen LogP contribution in [0.1, 0.15) is 97.3 Å². The molecule has 0 aromatic heterocycles. The van der Waals surface area contributed by atoms with E-state index in [4.69, 9.17) is 0 Å². The Morgan fingerprint density at radius 2 is 1.29 bits per heavy atom. The minimum absolute atomic E-state index is 0.00608. The summed E-state index contributed by atoms with van der Waals surface area (Å²) in [7, 11) is 0. The molecule has 1 atom stereocenters. The summed E-state index contributed by atoms with van der Waals surface area (Å²) < 4.78 is 0. The summed E-state index contributed by atoms with van der Waals surface area (Å²) in [6.45, 7) is 17.8. The Morgan fingerprint density at radius 1 is 0.905 bits per heavy atom. The fourth-order valence-corrected chi connectivity index (χ4v) is 2.59. The van der Waals surface area contributed by atoms with Crippen LogP contribution in [0.5, 0.6) is 5.75 Å². The number of aromatic hydroxyl groups is 1. The van der Waals surface area contributed by atoms with Crippen LogP contribution in [0.2, 0.25) is 0 Å². The van der Waals surface area contributed by atoms with Crippen LogP contribution in [0.4, 0.5) is 0 Å². The summed E-state index contributed by atoms with van der Waals surface area (Å²) in [6.07, 6.45) is 3.18. The molecule has 0 aliphatic carbocycles. The van der Waals surface area contributed by atoms with Gasteiger partial charge in [0.1, 0.15) is 5.75 Å². The number of phenolic OH excluding ortho intramolecular Hbond substituents is 1. The monoisotopic (exact) mass is 290 g/mol. The van der Waals surface area contributed by atoms with Crippen molar-refractivity contribution in [3.8, 4) is 5.75 Å². The molecule has 0 amide bonds. The van der Waals surface area contributed by atoms with Crippen molar-refractivity contribution in [3.05, 3.63) is 28.8 Å². The van der Waals surface area contributed by atoms with Crippen molar-refractivity contribution in [1.29, 1.82) is 0 Å². The van der Waals surface area contributed by atoms with E-state index in [2.05, 4.69) is 67.5 Å². The molecule has 0 radical (unpaired) electrons. The highest BCUT2D eigenvalue weighted by Gasteiger charge is 2.30. The first-order chi connectivity index (χ1) is 9.60. The van der Waals surface area contributed by atoms with E-state index in [1.807, 2.05) is 0 Å². The summed E-state index contributed by atoms with van der Waals surface area (Å²) in [5.74, 6) is 1.05. The lowest BCUT2D eigenvalue weighted by Gasteiger charge is -2.32. The number of hydrogen-bond acceptors (Lipinski definition) is 1. The average molecular weight is 290 g/mol. The van der Waals surface area contributed by atoms with Gasteiger partial charge in [-0.2, -0.15) is 0 Å². The lowest BCUT2D eigenvalue weighted by atomic mass is 9.74. The predicted octanol–water partition coefficient (Wildman–Crippen LogP) is 6.28. The maximum atomic E-state index is 10.9. The van der Waals surface area contributed by atoms with E-state index in [0.29, 0.717) is 11.7 Å². The topological polar surface area (TPSA) is 20.2 Å². The molecule has 21 heavy (non-hydrogen) atoms. The van der Waals surface area contributed by atoms with Crippen LogP contribution in [-0.2, 0) is 10.8 Å². The van der Waals surface area contributed by atoms with Crippen LogP contribution in [0, 0.1) is 0 Å². The quantitative estimate of drug-likeness (QED) is 0.653. The molecule has 1 aromatic carbocycles. The normalized spacial score (nSPS) is 14.3. The van der Waals surface area contributed by atoms with Crippen LogP contribution in [0.25, 0.3) is 0 Å². The zero-order valence-electron chi connectivity index (χ0n) is 15.3. The molecule has 1 heteroatoms. The van der Waals surface area contributed by atoms with E-state index in [1.54, 1.807) is 0 Å². The first kappa shape index (κ1) is 18.1. The summed E-state index contributed by atoms with van der Waals surface area (Å²) in [5, 5.41) is 10.9. The second-order valence-corrected chi connectivity index (χ2v) is 7.75. The molecule has 1 nitrogen and oxygen atoms in total. The van der Waals surface area contributed by atoms with Gasteiger partial charge in [-0.05, 0) is 41.6 Å². The third kappa shape index (κ3) is 3.62. The van der Waals surface area contributed by atoms with Gasteiger partial charge in [0.25, 0.3) is 0 Å². The molecule has 0 bridgehead atoms. The Bertz CT molecular complexity index is 446. The number of rotatable bonds is 6. The highest BCUT2D eigenvalue weighted by atomic mass is 16.3. The number of phenols is 1. The van der Waals surface area contributed by atoms with Crippen LogP contribution < -0.4 is 0 Å². The SMILES string of the molecule is CCC(C)c1cc(C(C)(C)CC)c(O)c(C(C)(C)CC)c1. The molecule has 1 aromatic rings. The highest BCUT2D eigenvalue weighted by Crippen LogP contribution is 2.43. The molecular formula is C20H34O. The summed E-state index contributed by atoms with van der Waals surface area (Å²) >= 11 is 0. The van der Waals surface area contributed by atoms with E-state index in [1.165, 1.54) is 5.56 Å². The molecule has 0 fully saturated rings. The maximum absolute atomic E-state index is 10.9. The van der Waals surface area contributed by atoms with Crippen molar-refractivity contribution < 1.29 is 5.11 Å². The van der Waals surface area contributed by atoms with Gasteiger partial charge in [0.15, 0.2) is 0 Å². The van der Waals surface area contributed by atoms with Crippen molar-refractivity contribution in [3.63, 3.8) is 0 Å². The fourth-order valence-electron chi connectivity index (χ4n) is 2.59. The molecule has 0 saturated carbocycles. The zero-order valence-corrected chi connectivity index (χ0v) is 15.3. The van der Waals surface area contributed by atoms with Crippen molar-refractivity contribution >= 4 is 0 Å². The van der Waals surface area contributed by atoms with E-state index >= 15 is 0 Å². The molecule has 0 aliphatic heterocycles. The molecule has 0 spiro atoms. The van der Waals surface area contributed by atoms with E-state index in [-0.39, 0.29) is 10.8 Å². The summed E-state index contributed by atoms with van der Waals surface area (Å²) in [6, 6.07) is 4.48. The van der Waals surface area contributed by atoms with Crippen molar-refractivity contribution in [2.75, 3.05) is 0 Å². The van der Waals surface area contributed by atoms with Gasteiger partial charge >= 0.3 is 0 Å². The van der Waals surface area contributed by atoms with Gasteiger partial charge in [0, 0.05) is 11.1 Å². The van der Waals surface area contributed by atoms with Crippen molar-refractivity contribution in [2.45, 2.75) is 91.4 Å².